The number of carbonyl (C=O) groups is 2. The molecule has 5 nitrogen and oxygen atoms in total. The molecule has 1 heterocycles. The summed E-state index contributed by atoms with van der Waals surface area (Å²) in [5, 5.41) is 0. The van der Waals surface area contributed by atoms with E-state index in [-0.39, 0.29) is 11.8 Å². The van der Waals surface area contributed by atoms with Crippen LogP contribution in [0.5, 0.6) is 0 Å². The van der Waals surface area contributed by atoms with Gasteiger partial charge >= 0.3 is 5.97 Å². The van der Waals surface area contributed by atoms with Gasteiger partial charge in [0, 0.05) is 29.4 Å². The van der Waals surface area contributed by atoms with Gasteiger partial charge in [-0.05, 0) is 54.3 Å². The summed E-state index contributed by atoms with van der Waals surface area (Å²) in [5.41, 5.74) is 4.70. The number of benzene rings is 2. The molecule has 1 saturated carbocycles. The van der Waals surface area contributed by atoms with Crippen LogP contribution in [-0.2, 0) is 20.9 Å². The van der Waals surface area contributed by atoms with Crippen LogP contribution in [0.1, 0.15) is 43.2 Å². The second-order valence-electron chi connectivity index (χ2n) is 8.62. The van der Waals surface area contributed by atoms with Gasteiger partial charge in [-0.15, -0.1) is 0 Å². The van der Waals surface area contributed by atoms with Crippen LogP contribution in [-0.4, -0.2) is 24.0 Å². The van der Waals surface area contributed by atoms with Gasteiger partial charge in [0.2, 0.25) is 5.91 Å². The standard InChI is InChI=1S/C29H30N2O3/c1-34-28(32)18-15-22-8-7-11-26(20-22)31(29(33)25-9-3-2-4-10-25)21-23-13-16-24(17-14-23)27-12-5-6-19-30-27/h5-8,11-20,25H,2-4,9-10,21H2,1H3/b18-15+. The number of aromatic nitrogens is 1. The molecule has 0 spiro atoms. The van der Waals surface area contributed by atoms with Crippen LogP contribution in [0, 0.1) is 5.92 Å². The highest BCUT2D eigenvalue weighted by atomic mass is 16.5. The average Bonchev–Trinajstić information content (AvgIpc) is 2.91. The van der Waals surface area contributed by atoms with Crippen molar-refractivity contribution in [1.29, 1.82) is 0 Å². The number of rotatable bonds is 7. The van der Waals surface area contributed by atoms with Crippen molar-refractivity contribution in [2.75, 3.05) is 12.0 Å². The second kappa shape index (κ2) is 11.4. The Balaban J connectivity index is 1.60. The lowest BCUT2D eigenvalue weighted by atomic mass is 9.88. The molecule has 3 aromatic rings. The Morgan fingerprint density at radius 1 is 1.00 bits per heavy atom. The third-order valence-corrected chi connectivity index (χ3v) is 6.27. The molecular formula is C29H30N2O3. The first-order valence-corrected chi connectivity index (χ1v) is 11.8. The number of hydrogen-bond acceptors (Lipinski definition) is 4. The summed E-state index contributed by atoms with van der Waals surface area (Å²) in [6.45, 7) is 0.488. The third kappa shape index (κ3) is 5.98. The normalized spacial score (nSPS) is 14.1. The fourth-order valence-electron chi connectivity index (χ4n) is 4.39. The van der Waals surface area contributed by atoms with Crippen molar-refractivity contribution in [2.45, 2.75) is 38.6 Å². The van der Waals surface area contributed by atoms with E-state index in [1.807, 2.05) is 47.4 Å². The summed E-state index contributed by atoms with van der Waals surface area (Å²) in [7, 11) is 1.35. The predicted molar refractivity (Wildman–Crippen MR) is 135 cm³/mol. The second-order valence-corrected chi connectivity index (χ2v) is 8.62. The summed E-state index contributed by atoms with van der Waals surface area (Å²) in [5.74, 6) is -0.188. The molecule has 1 aromatic heterocycles. The highest BCUT2D eigenvalue weighted by Crippen LogP contribution is 2.29. The smallest absolute Gasteiger partial charge is 0.330 e. The van der Waals surface area contributed by atoms with E-state index in [1.165, 1.54) is 19.6 Å². The molecule has 34 heavy (non-hydrogen) atoms. The maximum atomic E-state index is 13.6. The number of hydrogen-bond donors (Lipinski definition) is 0. The molecule has 1 aliphatic carbocycles. The largest absolute Gasteiger partial charge is 0.466 e. The van der Waals surface area contributed by atoms with E-state index < -0.39 is 5.97 Å². The lowest BCUT2D eigenvalue weighted by Gasteiger charge is -2.30. The zero-order valence-corrected chi connectivity index (χ0v) is 19.5. The zero-order valence-electron chi connectivity index (χ0n) is 19.5. The molecule has 1 fully saturated rings. The topological polar surface area (TPSA) is 59.5 Å². The van der Waals surface area contributed by atoms with Gasteiger partial charge in [-0.2, -0.15) is 0 Å². The molecule has 0 unspecified atom stereocenters. The van der Waals surface area contributed by atoms with Crippen molar-refractivity contribution in [1.82, 2.24) is 4.98 Å². The van der Waals surface area contributed by atoms with Gasteiger partial charge < -0.3 is 9.64 Å². The minimum atomic E-state index is -0.409. The van der Waals surface area contributed by atoms with Gasteiger partial charge in [-0.1, -0.05) is 61.7 Å². The van der Waals surface area contributed by atoms with E-state index in [0.717, 1.165) is 53.8 Å². The van der Waals surface area contributed by atoms with E-state index >= 15 is 0 Å². The first kappa shape index (κ1) is 23.4. The molecule has 5 heteroatoms. The number of pyridine rings is 1. The van der Waals surface area contributed by atoms with Crippen molar-refractivity contribution in [3.05, 3.63) is 90.1 Å². The summed E-state index contributed by atoms with van der Waals surface area (Å²) >= 11 is 0. The Hall–Kier alpha value is -3.73. The molecule has 0 aliphatic heterocycles. The number of amides is 1. The van der Waals surface area contributed by atoms with Crippen molar-refractivity contribution >= 4 is 23.6 Å². The summed E-state index contributed by atoms with van der Waals surface area (Å²) in [6.07, 6.45) is 10.2. The van der Waals surface area contributed by atoms with Crippen LogP contribution >= 0.6 is 0 Å². The van der Waals surface area contributed by atoms with Crippen molar-refractivity contribution < 1.29 is 14.3 Å². The number of anilines is 1. The van der Waals surface area contributed by atoms with Gasteiger partial charge in [0.05, 0.1) is 19.3 Å². The van der Waals surface area contributed by atoms with Crippen LogP contribution < -0.4 is 4.90 Å². The summed E-state index contributed by atoms with van der Waals surface area (Å²) < 4.78 is 4.69. The minimum Gasteiger partial charge on any atom is -0.466 e. The number of nitrogens with zero attached hydrogens (tertiary/aromatic N) is 2. The van der Waals surface area contributed by atoms with E-state index in [1.54, 1.807) is 12.3 Å². The van der Waals surface area contributed by atoms with Crippen molar-refractivity contribution in [3.63, 3.8) is 0 Å². The molecule has 0 bridgehead atoms. The molecule has 1 aliphatic rings. The Morgan fingerprint density at radius 3 is 2.50 bits per heavy atom. The highest BCUT2D eigenvalue weighted by molar-refractivity contribution is 5.95. The molecule has 4 rings (SSSR count). The fourth-order valence-corrected chi connectivity index (χ4v) is 4.39. The van der Waals surface area contributed by atoms with Crippen LogP contribution in [0.4, 0.5) is 5.69 Å². The maximum Gasteiger partial charge on any atom is 0.330 e. The number of esters is 1. The molecule has 0 N–H and O–H groups in total. The lowest BCUT2D eigenvalue weighted by Crippen LogP contribution is -2.36. The summed E-state index contributed by atoms with van der Waals surface area (Å²) in [4.78, 5) is 31.5. The number of ether oxygens (including phenoxy) is 1. The van der Waals surface area contributed by atoms with E-state index in [4.69, 9.17) is 4.74 Å². The predicted octanol–water partition coefficient (Wildman–Crippen LogP) is 6.05. The van der Waals surface area contributed by atoms with E-state index in [2.05, 4.69) is 29.2 Å². The molecule has 174 valence electrons. The van der Waals surface area contributed by atoms with Gasteiger partial charge in [0.15, 0.2) is 0 Å². The Labute approximate surface area is 201 Å². The van der Waals surface area contributed by atoms with Gasteiger partial charge in [0.25, 0.3) is 0 Å². The first-order chi connectivity index (χ1) is 16.6. The Bertz CT molecular complexity index is 1130. The third-order valence-electron chi connectivity index (χ3n) is 6.27. The van der Waals surface area contributed by atoms with Crippen LogP contribution in [0.3, 0.4) is 0 Å². The number of methoxy groups -OCH3 is 1. The zero-order chi connectivity index (χ0) is 23.8. The Morgan fingerprint density at radius 2 is 1.79 bits per heavy atom. The molecule has 0 saturated heterocycles. The van der Waals surface area contributed by atoms with Crippen LogP contribution in [0.15, 0.2) is 79.0 Å². The van der Waals surface area contributed by atoms with Crippen molar-refractivity contribution in [3.8, 4) is 11.3 Å². The molecule has 0 radical (unpaired) electrons. The van der Waals surface area contributed by atoms with Gasteiger partial charge in [-0.25, -0.2) is 4.79 Å². The summed E-state index contributed by atoms with van der Waals surface area (Å²) in [6, 6.07) is 21.8. The molecular weight excluding hydrogens is 424 g/mol. The van der Waals surface area contributed by atoms with Gasteiger partial charge in [-0.3, -0.25) is 9.78 Å². The van der Waals surface area contributed by atoms with Crippen molar-refractivity contribution in [2.24, 2.45) is 5.92 Å². The minimum absolute atomic E-state index is 0.0517. The van der Waals surface area contributed by atoms with Crippen LogP contribution in [0.25, 0.3) is 17.3 Å². The van der Waals surface area contributed by atoms with Gasteiger partial charge in [0.1, 0.15) is 0 Å². The molecule has 0 atom stereocenters. The highest BCUT2D eigenvalue weighted by Gasteiger charge is 2.27. The SMILES string of the molecule is COC(=O)/C=C/c1cccc(N(Cc2ccc(-c3ccccn3)cc2)C(=O)C2CCCCC2)c1. The number of carbonyl (C=O) groups excluding carboxylic acids is 2. The van der Waals surface area contributed by atoms with E-state index in [0.29, 0.717) is 6.54 Å². The molecule has 2 aromatic carbocycles. The molecule has 1 amide bonds. The monoisotopic (exact) mass is 454 g/mol. The Kier molecular flexibility index (Phi) is 7.87. The maximum absolute atomic E-state index is 13.6. The average molecular weight is 455 g/mol. The quantitative estimate of drug-likeness (QED) is 0.322. The lowest BCUT2D eigenvalue weighted by molar-refractivity contribution is -0.134. The van der Waals surface area contributed by atoms with E-state index in [9.17, 15) is 9.59 Å². The first-order valence-electron chi connectivity index (χ1n) is 11.8. The van der Waals surface area contributed by atoms with Crippen LogP contribution in [0.2, 0.25) is 0 Å². The fraction of sp³-hybridized carbons (Fsp3) is 0.276.